The van der Waals surface area contributed by atoms with Gasteiger partial charge in [-0.1, -0.05) is 12.1 Å². The summed E-state index contributed by atoms with van der Waals surface area (Å²) >= 11 is 0. The van der Waals surface area contributed by atoms with Crippen molar-refractivity contribution in [3.05, 3.63) is 29.3 Å². The second-order valence-corrected chi connectivity index (χ2v) is 4.35. The summed E-state index contributed by atoms with van der Waals surface area (Å²) in [5.74, 6) is 0.140. The lowest BCUT2D eigenvalue weighted by Crippen LogP contribution is -2.42. The Balaban J connectivity index is 2.36. The molecule has 6 nitrogen and oxygen atoms in total. The first kappa shape index (κ1) is 16.0. The van der Waals surface area contributed by atoms with E-state index in [2.05, 4.69) is 10.6 Å². The highest BCUT2D eigenvalue weighted by molar-refractivity contribution is 5.94. The Bertz CT molecular complexity index is 474. The lowest BCUT2D eigenvalue weighted by atomic mass is 10.1. The highest BCUT2D eigenvalue weighted by atomic mass is 16.5. The lowest BCUT2D eigenvalue weighted by molar-refractivity contribution is -0.122. The SMILES string of the molecule is COCCNC(=O)NC(=O)COc1cc(C)ccc1C. The predicted octanol–water partition coefficient (Wildman–Crippen LogP) is 1.15. The van der Waals surface area contributed by atoms with E-state index in [0.717, 1.165) is 11.1 Å². The molecule has 0 aromatic heterocycles. The van der Waals surface area contributed by atoms with Crippen LogP contribution >= 0.6 is 0 Å². The Kier molecular flexibility index (Phi) is 6.52. The fraction of sp³-hybridized carbons (Fsp3) is 0.429. The zero-order valence-electron chi connectivity index (χ0n) is 12.0. The van der Waals surface area contributed by atoms with Crippen molar-refractivity contribution in [1.82, 2.24) is 10.6 Å². The van der Waals surface area contributed by atoms with Gasteiger partial charge in [0.1, 0.15) is 5.75 Å². The molecule has 0 atom stereocenters. The molecule has 3 amide bonds. The van der Waals surface area contributed by atoms with Crippen LogP contribution in [-0.4, -0.2) is 38.8 Å². The number of carbonyl (C=O) groups excluding carboxylic acids is 2. The van der Waals surface area contributed by atoms with Crippen LogP contribution in [0.25, 0.3) is 0 Å². The van der Waals surface area contributed by atoms with Crippen LogP contribution in [0.2, 0.25) is 0 Å². The molecule has 0 fully saturated rings. The molecule has 110 valence electrons. The van der Waals surface area contributed by atoms with Crippen LogP contribution < -0.4 is 15.4 Å². The van der Waals surface area contributed by atoms with Crippen LogP contribution in [0.3, 0.4) is 0 Å². The van der Waals surface area contributed by atoms with Gasteiger partial charge in [0.05, 0.1) is 6.61 Å². The van der Waals surface area contributed by atoms with Gasteiger partial charge in [0.15, 0.2) is 6.61 Å². The van der Waals surface area contributed by atoms with Crippen molar-refractivity contribution < 1.29 is 19.1 Å². The normalized spacial score (nSPS) is 9.95. The number of hydrogen-bond acceptors (Lipinski definition) is 4. The van der Waals surface area contributed by atoms with Crippen LogP contribution in [0.4, 0.5) is 4.79 Å². The second kappa shape index (κ2) is 8.16. The molecular formula is C14H20N2O4. The van der Waals surface area contributed by atoms with Crippen molar-refractivity contribution in [3.8, 4) is 5.75 Å². The van der Waals surface area contributed by atoms with Crippen LogP contribution in [0.5, 0.6) is 5.75 Å². The standard InChI is InChI=1S/C14H20N2O4/c1-10-4-5-11(2)12(8-10)20-9-13(17)16-14(18)15-6-7-19-3/h4-5,8H,6-7,9H2,1-3H3,(H2,15,16,17,18). The van der Waals surface area contributed by atoms with Gasteiger partial charge in [-0.15, -0.1) is 0 Å². The number of nitrogens with one attached hydrogen (secondary N) is 2. The first-order chi connectivity index (χ1) is 9.52. The van der Waals surface area contributed by atoms with Crippen molar-refractivity contribution in [2.24, 2.45) is 0 Å². The molecule has 0 spiro atoms. The van der Waals surface area contributed by atoms with Gasteiger partial charge in [-0.2, -0.15) is 0 Å². The summed E-state index contributed by atoms with van der Waals surface area (Å²) < 4.78 is 10.2. The largest absolute Gasteiger partial charge is 0.483 e. The molecule has 1 rings (SSSR count). The summed E-state index contributed by atoms with van der Waals surface area (Å²) in [6.45, 7) is 4.36. The Labute approximate surface area is 118 Å². The Hall–Kier alpha value is -2.08. The molecule has 0 radical (unpaired) electrons. The fourth-order valence-electron chi connectivity index (χ4n) is 1.48. The van der Waals surface area contributed by atoms with Crippen LogP contribution in [0.1, 0.15) is 11.1 Å². The molecule has 1 aromatic rings. The van der Waals surface area contributed by atoms with Gasteiger partial charge in [-0.3, -0.25) is 10.1 Å². The first-order valence-corrected chi connectivity index (χ1v) is 6.29. The molecule has 0 heterocycles. The lowest BCUT2D eigenvalue weighted by Gasteiger charge is -2.10. The summed E-state index contributed by atoms with van der Waals surface area (Å²) in [6, 6.07) is 5.17. The third-order valence-corrected chi connectivity index (χ3v) is 2.55. The quantitative estimate of drug-likeness (QED) is 0.766. The van der Waals surface area contributed by atoms with E-state index in [0.29, 0.717) is 18.9 Å². The number of hydrogen-bond donors (Lipinski definition) is 2. The molecule has 0 bridgehead atoms. The molecular weight excluding hydrogens is 260 g/mol. The number of carbonyl (C=O) groups is 2. The van der Waals surface area contributed by atoms with Crippen molar-refractivity contribution >= 4 is 11.9 Å². The zero-order valence-corrected chi connectivity index (χ0v) is 12.0. The maximum absolute atomic E-state index is 11.5. The number of ether oxygens (including phenoxy) is 2. The molecule has 2 N–H and O–H groups in total. The Morgan fingerprint density at radius 2 is 2.00 bits per heavy atom. The van der Waals surface area contributed by atoms with Gasteiger partial charge in [0, 0.05) is 13.7 Å². The van der Waals surface area contributed by atoms with Gasteiger partial charge in [0.25, 0.3) is 5.91 Å². The van der Waals surface area contributed by atoms with Crippen molar-refractivity contribution in [1.29, 1.82) is 0 Å². The summed E-state index contributed by atoms with van der Waals surface area (Å²) in [7, 11) is 1.53. The third kappa shape index (κ3) is 5.71. The number of aryl methyl sites for hydroxylation is 2. The van der Waals surface area contributed by atoms with E-state index in [9.17, 15) is 9.59 Å². The molecule has 6 heteroatoms. The molecule has 0 aliphatic heterocycles. The molecule has 1 aromatic carbocycles. The molecule has 0 saturated carbocycles. The summed E-state index contributed by atoms with van der Waals surface area (Å²) in [6.07, 6.45) is 0. The first-order valence-electron chi connectivity index (χ1n) is 6.29. The third-order valence-electron chi connectivity index (χ3n) is 2.55. The van der Waals surface area contributed by atoms with E-state index >= 15 is 0 Å². The van der Waals surface area contributed by atoms with Crippen molar-refractivity contribution in [3.63, 3.8) is 0 Å². The molecule has 0 saturated heterocycles. The van der Waals surface area contributed by atoms with E-state index in [4.69, 9.17) is 9.47 Å². The predicted molar refractivity (Wildman–Crippen MR) is 74.8 cm³/mol. The maximum Gasteiger partial charge on any atom is 0.321 e. The second-order valence-electron chi connectivity index (χ2n) is 4.35. The van der Waals surface area contributed by atoms with E-state index < -0.39 is 11.9 Å². The highest BCUT2D eigenvalue weighted by Gasteiger charge is 2.08. The summed E-state index contributed by atoms with van der Waals surface area (Å²) in [4.78, 5) is 22.8. The average Bonchev–Trinajstić information content (AvgIpc) is 2.40. The van der Waals surface area contributed by atoms with E-state index in [1.807, 2.05) is 32.0 Å². The molecule has 0 aliphatic carbocycles. The maximum atomic E-state index is 11.5. The minimum atomic E-state index is -0.559. The summed E-state index contributed by atoms with van der Waals surface area (Å²) in [5.41, 5.74) is 1.98. The minimum absolute atomic E-state index is 0.206. The van der Waals surface area contributed by atoms with E-state index in [-0.39, 0.29) is 6.61 Å². The van der Waals surface area contributed by atoms with E-state index in [1.165, 1.54) is 7.11 Å². The zero-order chi connectivity index (χ0) is 15.0. The Morgan fingerprint density at radius 3 is 2.70 bits per heavy atom. The van der Waals surface area contributed by atoms with Crippen molar-refractivity contribution in [2.45, 2.75) is 13.8 Å². The van der Waals surface area contributed by atoms with Crippen LogP contribution in [-0.2, 0) is 9.53 Å². The molecule has 0 aliphatic rings. The number of imide groups is 1. The van der Waals surface area contributed by atoms with Crippen LogP contribution in [0, 0.1) is 13.8 Å². The smallest absolute Gasteiger partial charge is 0.321 e. The fourth-order valence-corrected chi connectivity index (χ4v) is 1.48. The van der Waals surface area contributed by atoms with E-state index in [1.54, 1.807) is 0 Å². The van der Waals surface area contributed by atoms with Gasteiger partial charge in [-0.25, -0.2) is 4.79 Å². The number of benzene rings is 1. The summed E-state index contributed by atoms with van der Waals surface area (Å²) in [5, 5.41) is 4.66. The molecule has 0 unspecified atom stereocenters. The number of amides is 3. The molecule has 20 heavy (non-hydrogen) atoms. The van der Waals surface area contributed by atoms with Crippen molar-refractivity contribution in [2.75, 3.05) is 26.9 Å². The number of urea groups is 1. The van der Waals surface area contributed by atoms with Gasteiger partial charge in [-0.05, 0) is 31.0 Å². The van der Waals surface area contributed by atoms with Gasteiger partial charge < -0.3 is 14.8 Å². The topological polar surface area (TPSA) is 76.7 Å². The number of rotatable bonds is 6. The monoisotopic (exact) mass is 280 g/mol. The highest BCUT2D eigenvalue weighted by Crippen LogP contribution is 2.18. The average molecular weight is 280 g/mol. The van der Waals surface area contributed by atoms with Crippen LogP contribution in [0.15, 0.2) is 18.2 Å². The number of methoxy groups -OCH3 is 1. The minimum Gasteiger partial charge on any atom is -0.483 e. The van der Waals surface area contributed by atoms with Gasteiger partial charge in [0.2, 0.25) is 0 Å². The van der Waals surface area contributed by atoms with Gasteiger partial charge >= 0.3 is 6.03 Å². The Morgan fingerprint density at radius 1 is 1.25 bits per heavy atom.